The molecule has 778 valence electrons. The van der Waals surface area contributed by atoms with E-state index in [1.54, 1.807) is 48.1 Å². The van der Waals surface area contributed by atoms with Crippen LogP contribution in [0, 0.1) is 0 Å². The van der Waals surface area contributed by atoms with E-state index in [1.807, 2.05) is 65.6 Å². The van der Waals surface area contributed by atoms with Gasteiger partial charge in [0.15, 0.2) is 0 Å². The van der Waals surface area contributed by atoms with Crippen LogP contribution in [0.4, 0.5) is 87.4 Å². The molecule has 0 N–H and O–H groups in total. The number of piperazine rings is 3. The second kappa shape index (κ2) is 46.7. The number of aromatic nitrogens is 4. The molecule has 42 heteroatoms. The average molecular weight is 2040 g/mol. The van der Waals surface area contributed by atoms with Crippen LogP contribution in [0.5, 0.6) is 28.7 Å². The summed E-state index contributed by atoms with van der Waals surface area (Å²) in [5.74, 6) is -8.51. The lowest BCUT2D eigenvalue weighted by molar-refractivity contribution is -0.160. The number of hydrogen-bond donors (Lipinski definition) is 0. The zero-order valence-electron chi connectivity index (χ0n) is 80.2. The van der Waals surface area contributed by atoms with Gasteiger partial charge >= 0.3 is 24.7 Å². The molecule has 0 radical (unpaired) electrons. The smallest absolute Gasteiger partial charge is 0.417 e. The molecule has 10 heterocycles. The molecule has 6 fully saturated rings. The monoisotopic (exact) mass is 2040 g/mol. The Bertz CT molecular complexity index is 5890. The second-order valence-electron chi connectivity index (χ2n) is 35.7. The number of ether oxygens (including phenoxy) is 7. The first-order valence-electron chi connectivity index (χ1n) is 47.2. The van der Waals surface area contributed by atoms with E-state index in [9.17, 15) is 99.0 Å². The number of hydrogen-bond acceptors (Lipinski definition) is 20. The van der Waals surface area contributed by atoms with Crippen molar-refractivity contribution in [2.75, 3.05) is 160 Å². The number of halogens is 16. The van der Waals surface area contributed by atoms with Crippen molar-refractivity contribution in [3.63, 3.8) is 0 Å². The van der Waals surface area contributed by atoms with Crippen LogP contribution in [0.25, 0.3) is 0 Å². The van der Waals surface area contributed by atoms with Gasteiger partial charge in [0.1, 0.15) is 47.8 Å². The van der Waals surface area contributed by atoms with E-state index in [1.165, 1.54) is 33.2 Å². The molecule has 145 heavy (non-hydrogen) atoms. The van der Waals surface area contributed by atoms with Crippen molar-refractivity contribution in [1.82, 2.24) is 49.3 Å². The molecule has 0 spiro atoms. The number of pyridine rings is 4. The fourth-order valence-electron chi connectivity index (χ4n) is 19.0. The number of likely N-dealkylation sites (tertiary alicyclic amines) is 3. The fraction of sp³-hybridized carbons (Fsp3) is 0.437. The van der Waals surface area contributed by atoms with Gasteiger partial charge in [-0.1, -0.05) is 49.8 Å². The first kappa shape index (κ1) is 109. The van der Waals surface area contributed by atoms with Crippen LogP contribution in [0.15, 0.2) is 214 Å². The van der Waals surface area contributed by atoms with Crippen molar-refractivity contribution in [2.45, 2.75) is 144 Å². The first-order chi connectivity index (χ1) is 69.0. The number of carbonyl (C=O) groups is 6. The van der Waals surface area contributed by atoms with Gasteiger partial charge in [0.05, 0.1) is 82.2 Å². The number of rotatable bonds is 29. The number of piperidine rings is 3. The maximum atomic E-state index is 14.9. The fourth-order valence-corrected chi connectivity index (χ4v) is 19.0. The maximum absolute atomic E-state index is 14.9. The standard InChI is InChI=1S/C37H41F5N4O5.C36H40F6N4O5.C30H30F5N5O3/c1-4-8-32-36(51-27-13-11-26(12-14-27)37(40,41)42,16-7-18-46(32)33(47)28-25-43-17-15-29(28)35(2,38)39)34(48)45-21-19-44(20-22-45)30-9-5-6-10-31(30)50-24-23-49-3;1-3-7-31-34(51-26-12-10-25(11-13-26)35(37,38)39,15-6-17-46(31)32(47)27-24-43-16-14-28(27)36(40,41)42)33(48)45-20-18-44(19-21-45)29-8-4-5-9-30(29)50-23-22-49-2;1-28(31,32)24-10-13-36-19-23(24)26(41)40-14-4-11-29(20-40,43-22-8-6-21(7-9-22)30(33,34)35)27(42)39-17-15-38(16-18-39)25-5-2-3-12-37-25/h4-6,9-15,17,25,32H,1,7-8,16,18-24H2,2-3H3;4-5,8-14,16,24,31H,3,6-7,15,17-23H2,1-2H3;2-3,5-10,12-13,19H,4,11,14-18,20H2,1H3/t32?,36-;31?,34-;/m00./s1. The summed E-state index contributed by atoms with van der Waals surface area (Å²) >= 11 is 0. The Morgan fingerprint density at radius 3 is 1.17 bits per heavy atom. The van der Waals surface area contributed by atoms with Crippen molar-refractivity contribution >= 4 is 52.6 Å². The molecule has 15 rings (SSSR count). The van der Waals surface area contributed by atoms with Crippen molar-refractivity contribution < 1.29 is 132 Å². The van der Waals surface area contributed by atoms with Crippen LogP contribution in [-0.4, -0.2) is 259 Å². The molecular formula is C103H111F16N13O13. The van der Waals surface area contributed by atoms with Crippen molar-refractivity contribution in [3.8, 4) is 28.7 Å². The molecule has 6 aliphatic rings. The molecule has 0 saturated carbocycles. The van der Waals surface area contributed by atoms with Gasteiger partial charge in [0.2, 0.25) is 16.8 Å². The third-order valence-corrected chi connectivity index (χ3v) is 26.1. The summed E-state index contributed by atoms with van der Waals surface area (Å²) in [4.78, 5) is 116. The summed E-state index contributed by atoms with van der Waals surface area (Å²) in [5.41, 5.74) is -9.74. The molecule has 9 aromatic rings. The summed E-state index contributed by atoms with van der Waals surface area (Å²) in [5, 5.41) is 0. The quantitative estimate of drug-likeness (QED) is 0.0240. The Hall–Kier alpha value is -13.5. The highest BCUT2D eigenvalue weighted by atomic mass is 19.4. The van der Waals surface area contributed by atoms with Crippen molar-refractivity contribution in [3.05, 3.63) is 264 Å². The molecular weight excluding hydrogens is 1930 g/mol. The van der Waals surface area contributed by atoms with Gasteiger partial charge in [-0.25, -0.2) is 22.5 Å². The number of amides is 6. The largest absolute Gasteiger partial charge is 0.489 e. The predicted octanol–water partition coefficient (Wildman–Crippen LogP) is 18.3. The van der Waals surface area contributed by atoms with Gasteiger partial charge < -0.3 is 77.3 Å². The predicted molar refractivity (Wildman–Crippen MR) is 502 cm³/mol. The van der Waals surface area contributed by atoms with E-state index in [0.29, 0.717) is 117 Å². The molecule has 5 atom stereocenters. The summed E-state index contributed by atoms with van der Waals surface area (Å²) in [7, 11) is 3.16. The van der Waals surface area contributed by atoms with E-state index < -0.39 is 140 Å². The SMILES string of the molecule is C=CCC1N(C(=O)c2cnccc2C(C)(F)F)CCC[C@@]1(Oc1ccc(C(F)(F)F)cc1)C(=O)N1CCN(c2ccccc2OCCOC)CC1.CC(F)(F)c1ccncc1C(=O)N1CCCC(Oc2ccc(C(F)(F)F)cc2)(C(=O)N2CCN(c3ccccn3)CC2)C1.CCCC1N(C(=O)c2cnccc2C(F)(F)F)CCC[C@@]1(Oc1ccc(C(F)(F)F)cc1)C(=O)N1CCN(c2ccccc2OCCOC)CC1. The van der Waals surface area contributed by atoms with Crippen molar-refractivity contribution in [1.29, 1.82) is 0 Å². The van der Waals surface area contributed by atoms with Crippen LogP contribution in [0.1, 0.15) is 143 Å². The van der Waals surface area contributed by atoms with Crippen LogP contribution in [-0.2, 0) is 60.4 Å². The summed E-state index contributed by atoms with van der Waals surface area (Å²) < 4.78 is 261. The Morgan fingerprint density at radius 2 is 0.772 bits per heavy atom. The third kappa shape index (κ3) is 25.9. The van der Waals surface area contributed by atoms with Gasteiger partial charge in [0.25, 0.3) is 47.3 Å². The average Bonchev–Trinajstić information content (AvgIpc) is 0.742. The van der Waals surface area contributed by atoms with E-state index in [4.69, 9.17) is 33.2 Å². The van der Waals surface area contributed by atoms with Gasteiger partial charge in [-0.3, -0.25) is 43.7 Å². The minimum Gasteiger partial charge on any atom is -0.489 e. The molecule has 3 unspecified atom stereocenters. The lowest BCUT2D eigenvalue weighted by atomic mass is 9.79. The Kier molecular flexibility index (Phi) is 35.0. The highest BCUT2D eigenvalue weighted by Gasteiger charge is 2.59. The van der Waals surface area contributed by atoms with Crippen LogP contribution in [0.2, 0.25) is 0 Å². The lowest BCUT2D eigenvalue weighted by Gasteiger charge is -2.51. The number of anilines is 3. The number of methoxy groups -OCH3 is 2. The molecule has 6 saturated heterocycles. The molecule has 6 aliphatic heterocycles. The molecule has 0 aliphatic carbocycles. The molecule has 0 bridgehead atoms. The Morgan fingerprint density at radius 1 is 0.393 bits per heavy atom. The summed E-state index contributed by atoms with van der Waals surface area (Å²) in [6.07, 6.45) is -7.43. The third-order valence-electron chi connectivity index (χ3n) is 26.1. The highest BCUT2D eigenvalue weighted by molar-refractivity contribution is 5.99. The molecule has 6 amide bonds. The lowest BCUT2D eigenvalue weighted by Crippen LogP contribution is -2.69. The number of alkyl halides is 16. The van der Waals surface area contributed by atoms with Gasteiger partial charge in [0, 0.05) is 194 Å². The second-order valence-corrected chi connectivity index (χ2v) is 35.7. The van der Waals surface area contributed by atoms with Crippen molar-refractivity contribution in [2.24, 2.45) is 0 Å². The maximum Gasteiger partial charge on any atom is 0.417 e. The number of nitrogens with zero attached hydrogens (tertiary/aromatic N) is 13. The molecule has 4 aromatic heterocycles. The van der Waals surface area contributed by atoms with E-state index in [0.717, 1.165) is 133 Å². The summed E-state index contributed by atoms with van der Waals surface area (Å²) in [6.45, 7) is 12.8. The minimum absolute atomic E-state index is 0.0114. The van der Waals surface area contributed by atoms with Gasteiger partial charge in [-0.15, -0.1) is 6.58 Å². The normalized spacial score (nSPS) is 19.8. The first-order valence-corrected chi connectivity index (χ1v) is 47.2. The Labute approximate surface area is 827 Å². The van der Waals surface area contributed by atoms with Gasteiger partial charge in [-0.05, 0) is 166 Å². The van der Waals surface area contributed by atoms with Crippen LogP contribution >= 0.6 is 0 Å². The highest BCUT2D eigenvalue weighted by Crippen LogP contribution is 2.47. The number of carbonyl (C=O) groups excluding carboxylic acids is 6. The number of para-hydroxylation sites is 4. The van der Waals surface area contributed by atoms with E-state index in [-0.39, 0.29) is 126 Å². The van der Waals surface area contributed by atoms with Crippen LogP contribution < -0.4 is 38.4 Å². The topological polar surface area (TPSA) is 248 Å². The van der Waals surface area contributed by atoms with Gasteiger partial charge in [-0.2, -0.15) is 52.7 Å². The Balaban J connectivity index is 0.000000183. The number of benzene rings is 5. The molecule has 26 nitrogen and oxygen atoms in total. The van der Waals surface area contributed by atoms with Crippen LogP contribution in [0.3, 0.4) is 0 Å². The zero-order valence-corrected chi connectivity index (χ0v) is 80.2. The summed E-state index contributed by atoms with van der Waals surface area (Å²) in [6, 6.07) is 33.2. The van der Waals surface area contributed by atoms with E-state index >= 15 is 0 Å². The van der Waals surface area contributed by atoms with E-state index in [2.05, 4.69) is 36.3 Å². The zero-order chi connectivity index (χ0) is 104. The molecule has 5 aromatic carbocycles. The minimum atomic E-state index is -4.85.